The van der Waals surface area contributed by atoms with Gasteiger partial charge in [-0.25, -0.2) is 4.98 Å². The number of hydrogen-bond donors (Lipinski definition) is 2. The molecule has 0 fully saturated rings. The minimum atomic E-state index is -4.39. The van der Waals surface area contributed by atoms with Crippen LogP contribution in [0.4, 0.5) is 18.9 Å². The Labute approximate surface area is 173 Å². The summed E-state index contributed by atoms with van der Waals surface area (Å²) in [6.45, 7) is 0.0837. The van der Waals surface area contributed by atoms with Gasteiger partial charge in [-0.2, -0.15) is 13.2 Å². The maximum atomic E-state index is 12.6. The van der Waals surface area contributed by atoms with Crippen molar-refractivity contribution in [2.45, 2.75) is 12.7 Å². The molecule has 9 heteroatoms. The van der Waals surface area contributed by atoms with E-state index in [9.17, 15) is 18.0 Å². The van der Waals surface area contributed by atoms with Gasteiger partial charge in [0.05, 0.1) is 16.9 Å². The summed E-state index contributed by atoms with van der Waals surface area (Å²) in [5, 5.41) is 3.37. The standard InChI is InChI=1S/C21H15F3N4OS/c22-21(23,24)14-3-1-12(2-4-14)11-27-19(29)18-17(25)15-5-6-16(28-20(15)30-18)13-7-9-26-10-8-13/h1-10H,11,25H2,(H,27,29). The summed E-state index contributed by atoms with van der Waals surface area (Å²) >= 11 is 1.17. The number of anilines is 1. The van der Waals surface area contributed by atoms with Gasteiger partial charge in [0, 0.05) is 29.9 Å². The zero-order valence-electron chi connectivity index (χ0n) is 15.4. The van der Waals surface area contributed by atoms with Crippen molar-refractivity contribution in [2.24, 2.45) is 0 Å². The summed E-state index contributed by atoms with van der Waals surface area (Å²) in [6, 6.07) is 12.0. The van der Waals surface area contributed by atoms with E-state index in [2.05, 4.69) is 15.3 Å². The van der Waals surface area contributed by atoms with E-state index in [-0.39, 0.29) is 6.54 Å². The van der Waals surface area contributed by atoms with Gasteiger partial charge in [0.1, 0.15) is 9.71 Å². The molecule has 0 aliphatic carbocycles. The number of carbonyl (C=O) groups excluding carboxylic acids is 1. The molecule has 0 radical (unpaired) electrons. The summed E-state index contributed by atoms with van der Waals surface area (Å²) in [4.78, 5) is 22.1. The molecule has 0 aliphatic heterocycles. The van der Waals surface area contributed by atoms with Gasteiger partial charge in [-0.1, -0.05) is 12.1 Å². The first-order valence-electron chi connectivity index (χ1n) is 8.86. The molecule has 0 saturated heterocycles. The van der Waals surface area contributed by atoms with E-state index >= 15 is 0 Å². The van der Waals surface area contributed by atoms with Crippen LogP contribution in [0, 0.1) is 0 Å². The van der Waals surface area contributed by atoms with Crippen LogP contribution in [0.3, 0.4) is 0 Å². The first-order valence-corrected chi connectivity index (χ1v) is 9.68. The molecule has 1 amide bonds. The van der Waals surface area contributed by atoms with Crippen LogP contribution >= 0.6 is 11.3 Å². The van der Waals surface area contributed by atoms with E-state index in [1.807, 2.05) is 24.3 Å². The maximum absolute atomic E-state index is 12.6. The van der Waals surface area contributed by atoms with E-state index < -0.39 is 17.6 Å². The lowest BCUT2D eigenvalue weighted by Crippen LogP contribution is -2.22. The van der Waals surface area contributed by atoms with E-state index in [0.717, 1.165) is 23.4 Å². The third-order valence-corrected chi connectivity index (χ3v) is 5.62. The van der Waals surface area contributed by atoms with Gasteiger partial charge < -0.3 is 11.1 Å². The molecule has 0 atom stereocenters. The highest BCUT2D eigenvalue weighted by molar-refractivity contribution is 7.21. The second-order valence-corrected chi connectivity index (χ2v) is 7.51. The number of nitrogens with one attached hydrogen (secondary N) is 1. The molecule has 0 spiro atoms. The lowest BCUT2D eigenvalue weighted by molar-refractivity contribution is -0.137. The molecule has 0 aliphatic rings. The lowest BCUT2D eigenvalue weighted by Gasteiger charge is -2.08. The topological polar surface area (TPSA) is 80.9 Å². The fourth-order valence-electron chi connectivity index (χ4n) is 2.92. The van der Waals surface area contributed by atoms with Crippen LogP contribution < -0.4 is 11.1 Å². The number of nitrogens with zero attached hydrogens (tertiary/aromatic N) is 2. The van der Waals surface area contributed by atoms with Gasteiger partial charge in [0.2, 0.25) is 0 Å². The van der Waals surface area contributed by atoms with Crippen LogP contribution in [0.5, 0.6) is 0 Å². The Hall–Kier alpha value is -3.46. The number of fused-ring (bicyclic) bond motifs is 1. The van der Waals surface area contributed by atoms with Crippen molar-refractivity contribution in [3.8, 4) is 11.3 Å². The number of carbonyl (C=O) groups is 1. The second kappa shape index (κ2) is 7.75. The summed E-state index contributed by atoms with van der Waals surface area (Å²) in [6.07, 6.45) is -1.05. The number of pyridine rings is 2. The van der Waals surface area contributed by atoms with Gasteiger partial charge in [0.25, 0.3) is 5.91 Å². The molecule has 0 unspecified atom stereocenters. The third-order valence-electron chi connectivity index (χ3n) is 4.51. The predicted molar refractivity (Wildman–Crippen MR) is 110 cm³/mol. The number of amides is 1. The van der Waals surface area contributed by atoms with Crippen LogP contribution in [-0.4, -0.2) is 15.9 Å². The molecule has 30 heavy (non-hydrogen) atoms. The number of thiophene rings is 1. The predicted octanol–water partition coefficient (Wildman–Crippen LogP) is 4.89. The van der Waals surface area contributed by atoms with Gasteiger partial charge >= 0.3 is 6.18 Å². The zero-order chi connectivity index (χ0) is 21.3. The summed E-state index contributed by atoms with van der Waals surface area (Å²) in [5.74, 6) is -0.402. The fraction of sp³-hybridized carbons (Fsp3) is 0.0952. The van der Waals surface area contributed by atoms with Crippen LogP contribution in [0.25, 0.3) is 21.5 Å². The average molecular weight is 428 g/mol. The smallest absolute Gasteiger partial charge is 0.397 e. The first kappa shape index (κ1) is 19.8. The Balaban J connectivity index is 1.52. The van der Waals surface area contributed by atoms with Crippen LogP contribution in [-0.2, 0) is 12.7 Å². The second-order valence-electron chi connectivity index (χ2n) is 6.51. The number of hydrogen-bond acceptors (Lipinski definition) is 5. The monoisotopic (exact) mass is 428 g/mol. The van der Waals surface area contributed by atoms with Gasteiger partial charge in [-0.05, 0) is 42.0 Å². The van der Waals surface area contributed by atoms with Crippen molar-refractivity contribution < 1.29 is 18.0 Å². The lowest BCUT2D eigenvalue weighted by atomic mass is 10.1. The number of aromatic nitrogens is 2. The normalized spacial score (nSPS) is 11.6. The molecule has 3 heterocycles. The highest BCUT2D eigenvalue weighted by Crippen LogP contribution is 2.34. The van der Waals surface area contributed by atoms with E-state index in [1.54, 1.807) is 12.4 Å². The molecular weight excluding hydrogens is 413 g/mol. The van der Waals surface area contributed by atoms with Crippen LogP contribution in [0.2, 0.25) is 0 Å². The fourth-order valence-corrected chi connectivity index (χ4v) is 3.93. The Morgan fingerprint density at radius 2 is 1.73 bits per heavy atom. The number of alkyl halides is 3. The quantitative estimate of drug-likeness (QED) is 0.485. The summed E-state index contributed by atoms with van der Waals surface area (Å²) in [5.41, 5.74) is 7.92. The summed E-state index contributed by atoms with van der Waals surface area (Å²) in [7, 11) is 0. The summed E-state index contributed by atoms with van der Waals surface area (Å²) < 4.78 is 37.9. The minimum absolute atomic E-state index is 0.0837. The Morgan fingerprint density at radius 1 is 1.03 bits per heavy atom. The number of rotatable bonds is 4. The Bertz CT molecular complexity index is 1200. The third kappa shape index (κ3) is 3.97. The van der Waals surface area contributed by atoms with E-state index in [0.29, 0.717) is 26.3 Å². The molecule has 1 aromatic carbocycles. The van der Waals surface area contributed by atoms with Gasteiger partial charge in [-0.15, -0.1) is 11.3 Å². The highest BCUT2D eigenvalue weighted by atomic mass is 32.1. The molecule has 152 valence electrons. The van der Waals surface area contributed by atoms with E-state index in [1.165, 1.54) is 23.5 Å². The number of benzene rings is 1. The van der Waals surface area contributed by atoms with Crippen LogP contribution in [0.1, 0.15) is 20.8 Å². The van der Waals surface area contributed by atoms with Crippen molar-refractivity contribution in [2.75, 3.05) is 5.73 Å². The molecular formula is C21H15F3N4OS. The highest BCUT2D eigenvalue weighted by Gasteiger charge is 2.29. The molecule has 3 aromatic heterocycles. The maximum Gasteiger partial charge on any atom is 0.416 e. The minimum Gasteiger partial charge on any atom is -0.397 e. The van der Waals surface area contributed by atoms with Gasteiger partial charge in [-0.3, -0.25) is 9.78 Å². The van der Waals surface area contributed by atoms with Crippen molar-refractivity contribution >= 4 is 33.1 Å². The number of nitrogen functional groups attached to an aromatic ring is 1. The molecule has 0 bridgehead atoms. The number of halogens is 3. The molecule has 0 saturated carbocycles. The van der Waals surface area contributed by atoms with Crippen LogP contribution in [0.15, 0.2) is 60.9 Å². The van der Waals surface area contributed by atoms with Crippen molar-refractivity contribution in [3.05, 3.63) is 76.9 Å². The van der Waals surface area contributed by atoms with Gasteiger partial charge in [0.15, 0.2) is 0 Å². The molecule has 3 N–H and O–H groups in total. The Kier molecular flexibility index (Phi) is 5.13. The number of nitrogens with two attached hydrogens (primary N) is 1. The van der Waals surface area contributed by atoms with Crippen molar-refractivity contribution in [1.82, 2.24) is 15.3 Å². The SMILES string of the molecule is Nc1c(C(=O)NCc2ccc(C(F)(F)F)cc2)sc2nc(-c3ccncc3)ccc12. The largest absolute Gasteiger partial charge is 0.416 e. The first-order chi connectivity index (χ1) is 14.3. The molecule has 4 aromatic rings. The van der Waals surface area contributed by atoms with E-state index in [4.69, 9.17) is 5.73 Å². The average Bonchev–Trinajstić information content (AvgIpc) is 3.08. The zero-order valence-corrected chi connectivity index (χ0v) is 16.2. The van der Waals surface area contributed by atoms with Crippen molar-refractivity contribution in [3.63, 3.8) is 0 Å². The van der Waals surface area contributed by atoms with Crippen molar-refractivity contribution in [1.29, 1.82) is 0 Å². The molecule has 4 rings (SSSR count). The Morgan fingerprint density at radius 3 is 2.40 bits per heavy atom. The molecule has 5 nitrogen and oxygen atoms in total.